The van der Waals surface area contributed by atoms with Crippen LogP contribution in [0.5, 0.6) is 5.75 Å². The smallest absolute Gasteiger partial charge is 0.339 e. The normalized spacial score (nSPS) is 10.4. The van der Waals surface area contributed by atoms with Gasteiger partial charge in [-0.1, -0.05) is 6.07 Å². The highest BCUT2D eigenvalue weighted by Gasteiger charge is 2.13. The third-order valence-corrected chi connectivity index (χ3v) is 4.09. The van der Waals surface area contributed by atoms with Crippen LogP contribution in [0.3, 0.4) is 0 Å². The Morgan fingerprint density at radius 2 is 2.00 bits per heavy atom. The summed E-state index contributed by atoms with van der Waals surface area (Å²) in [6.07, 6.45) is 0. The van der Waals surface area contributed by atoms with Crippen molar-refractivity contribution in [2.24, 2.45) is 0 Å². The van der Waals surface area contributed by atoms with Crippen LogP contribution in [0.1, 0.15) is 10.4 Å². The van der Waals surface area contributed by atoms with Crippen molar-refractivity contribution in [2.75, 3.05) is 0 Å². The van der Waals surface area contributed by atoms with Crippen LogP contribution in [-0.2, 0) is 0 Å². The maximum absolute atomic E-state index is 10.9. The number of benzene rings is 2. The van der Waals surface area contributed by atoms with Crippen LogP contribution in [0.4, 0.5) is 5.69 Å². The number of carbonyl (C=O) groups is 1. The lowest BCUT2D eigenvalue weighted by Gasteiger charge is -2.07. The van der Waals surface area contributed by atoms with Crippen molar-refractivity contribution in [3.63, 3.8) is 0 Å². The number of carboxylic acids is 1. The van der Waals surface area contributed by atoms with Gasteiger partial charge >= 0.3 is 5.97 Å². The maximum Gasteiger partial charge on any atom is 0.339 e. The molecule has 5 heteroatoms. The molecule has 1 heterocycles. The quantitative estimate of drug-likeness (QED) is 0.683. The van der Waals surface area contributed by atoms with Crippen LogP contribution in [0.2, 0.25) is 0 Å². The van der Waals surface area contributed by atoms with Gasteiger partial charge in [0, 0.05) is 4.70 Å². The molecule has 0 saturated carbocycles. The lowest BCUT2D eigenvalue weighted by atomic mass is 9.99. The number of carboxylic acid groups (broad SMARTS) is 1. The van der Waals surface area contributed by atoms with E-state index in [1.165, 1.54) is 23.5 Å². The Hall–Kier alpha value is -2.84. The number of hydrogen-bond acceptors (Lipinski definition) is 3. The number of fused-ring (bicyclic) bond motifs is 1. The fraction of sp³-hybridized carbons (Fsp3) is 0. The molecule has 102 valence electrons. The molecule has 0 saturated heterocycles. The first-order valence-electron chi connectivity index (χ1n) is 6.05. The van der Waals surface area contributed by atoms with Gasteiger partial charge in [0.15, 0.2) is 5.69 Å². The number of rotatable bonds is 2. The van der Waals surface area contributed by atoms with E-state index in [0.717, 1.165) is 15.6 Å². The minimum Gasteiger partial charge on any atom is -0.507 e. The van der Waals surface area contributed by atoms with Gasteiger partial charge in [0.25, 0.3) is 0 Å². The second-order valence-corrected chi connectivity index (χ2v) is 5.42. The van der Waals surface area contributed by atoms with Crippen molar-refractivity contribution in [1.29, 1.82) is 0 Å². The first kappa shape index (κ1) is 13.2. The van der Waals surface area contributed by atoms with Crippen molar-refractivity contribution < 1.29 is 15.0 Å². The summed E-state index contributed by atoms with van der Waals surface area (Å²) in [6.45, 7) is 7.17. The van der Waals surface area contributed by atoms with E-state index in [1.807, 2.05) is 17.5 Å². The van der Waals surface area contributed by atoms with Gasteiger partial charge in [0.05, 0.1) is 6.57 Å². The molecule has 21 heavy (non-hydrogen) atoms. The highest BCUT2D eigenvalue weighted by Crippen LogP contribution is 2.37. The predicted octanol–water partition coefficient (Wildman–Crippen LogP) is 4.52. The highest BCUT2D eigenvalue weighted by atomic mass is 32.1. The molecule has 4 nitrogen and oxygen atoms in total. The van der Waals surface area contributed by atoms with Crippen LogP contribution in [-0.4, -0.2) is 16.2 Å². The van der Waals surface area contributed by atoms with Crippen LogP contribution in [0.25, 0.3) is 26.1 Å². The first-order chi connectivity index (χ1) is 10.1. The fourth-order valence-corrected chi connectivity index (χ4v) is 3.08. The Balaban J connectivity index is 2.25. The van der Waals surface area contributed by atoms with Crippen molar-refractivity contribution in [3.8, 4) is 16.9 Å². The molecule has 0 bridgehead atoms. The van der Waals surface area contributed by atoms with E-state index in [-0.39, 0.29) is 11.3 Å². The molecule has 3 rings (SSSR count). The standard InChI is InChI=1S/C16H9NO3S/c1-17-10-7-13(11-4-5-21-15(11)8-10)9-2-3-12(16(19)20)14(18)6-9/h2-8,18H,(H,19,20). The van der Waals surface area contributed by atoms with Crippen LogP contribution in [0.15, 0.2) is 41.8 Å². The van der Waals surface area contributed by atoms with Crippen molar-refractivity contribution >= 4 is 33.1 Å². The SMILES string of the molecule is [C-]#[N+]c1cc(-c2ccc(C(=O)O)c(O)c2)c2ccsc2c1. The van der Waals surface area contributed by atoms with E-state index in [0.29, 0.717) is 11.3 Å². The Kier molecular flexibility index (Phi) is 3.09. The van der Waals surface area contributed by atoms with Crippen LogP contribution < -0.4 is 0 Å². The van der Waals surface area contributed by atoms with Gasteiger partial charge in [-0.25, -0.2) is 9.64 Å². The Morgan fingerprint density at radius 1 is 1.19 bits per heavy atom. The zero-order valence-electron chi connectivity index (χ0n) is 10.7. The second kappa shape index (κ2) is 4.93. The summed E-state index contributed by atoms with van der Waals surface area (Å²) in [5.74, 6) is -1.45. The number of aromatic carboxylic acids is 1. The average Bonchev–Trinajstić information content (AvgIpc) is 2.93. The van der Waals surface area contributed by atoms with E-state index in [1.54, 1.807) is 12.1 Å². The van der Waals surface area contributed by atoms with Gasteiger partial charge in [0.2, 0.25) is 0 Å². The van der Waals surface area contributed by atoms with E-state index >= 15 is 0 Å². The molecular weight excluding hydrogens is 286 g/mol. The van der Waals surface area contributed by atoms with Crippen LogP contribution >= 0.6 is 11.3 Å². The molecule has 0 aliphatic rings. The Bertz CT molecular complexity index is 906. The number of hydrogen-bond donors (Lipinski definition) is 2. The van der Waals surface area contributed by atoms with Gasteiger partial charge < -0.3 is 10.2 Å². The predicted molar refractivity (Wildman–Crippen MR) is 82.1 cm³/mol. The Morgan fingerprint density at radius 3 is 2.67 bits per heavy atom. The van der Waals surface area contributed by atoms with Gasteiger partial charge in [-0.15, -0.1) is 11.3 Å². The third kappa shape index (κ3) is 2.22. The monoisotopic (exact) mass is 295 g/mol. The van der Waals surface area contributed by atoms with E-state index in [2.05, 4.69) is 4.85 Å². The molecule has 1 aromatic heterocycles. The van der Waals surface area contributed by atoms with Crippen molar-refractivity contribution in [2.45, 2.75) is 0 Å². The summed E-state index contributed by atoms with van der Waals surface area (Å²) in [5.41, 5.74) is 1.88. The molecule has 0 aliphatic heterocycles. The summed E-state index contributed by atoms with van der Waals surface area (Å²) in [6, 6.07) is 9.95. The molecule has 2 N–H and O–H groups in total. The number of thiophene rings is 1. The maximum atomic E-state index is 10.9. The van der Waals surface area contributed by atoms with Gasteiger partial charge in [0.1, 0.15) is 11.3 Å². The minimum absolute atomic E-state index is 0.137. The van der Waals surface area contributed by atoms with Gasteiger partial charge in [-0.2, -0.15) is 0 Å². The first-order valence-corrected chi connectivity index (χ1v) is 6.93. The van der Waals surface area contributed by atoms with Gasteiger partial charge in [-0.05, 0) is 52.2 Å². The summed E-state index contributed by atoms with van der Waals surface area (Å²) in [7, 11) is 0. The molecular formula is C16H9NO3S. The average molecular weight is 295 g/mol. The van der Waals surface area contributed by atoms with Crippen molar-refractivity contribution in [1.82, 2.24) is 0 Å². The summed E-state index contributed by atoms with van der Waals surface area (Å²) < 4.78 is 0.986. The minimum atomic E-state index is -1.17. The van der Waals surface area contributed by atoms with E-state index < -0.39 is 5.97 Å². The molecule has 3 aromatic rings. The van der Waals surface area contributed by atoms with Gasteiger partial charge in [-0.3, -0.25) is 0 Å². The summed E-state index contributed by atoms with van der Waals surface area (Å²) in [4.78, 5) is 14.4. The largest absolute Gasteiger partial charge is 0.507 e. The summed E-state index contributed by atoms with van der Waals surface area (Å²) in [5, 5.41) is 21.7. The number of phenols is 1. The second-order valence-electron chi connectivity index (χ2n) is 4.47. The zero-order valence-corrected chi connectivity index (χ0v) is 11.5. The lowest BCUT2D eigenvalue weighted by molar-refractivity contribution is 0.0694. The number of nitrogens with zero attached hydrogens (tertiary/aromatic N) is 1. The third-order valence-electron chi connectivity index (χ3n) is 3.22. The molecule has 0 spiro atoms. The van der Waals surface area contributed by atoms with Crippen molar-refractivity contribution in [3.05, 3.63) is 58.8 Å². The Labute approximate surface area is 124 Å². The molecule has 0 atom stereocenters. The molecule has 0 unspecified atom stereocenters. The molecule has 0 fully saturated rings. The fourth-order valence-electron chi connectivity index (χ4n) is 2.24. The lowest BCUT2D eigenvalue weighted by Crippen LogP contribution is -1.96. The molecule has 0 amide bonds. The van der Waals surface area contributed by atoms with Crippen LogP contribution in [0, 0.1) is 6.57 Å². The van der Waals surface area contributed by atoms with E-state index in [4.69, 9.17) is 11.7 Å². The molecule has 2 aromatic carbocycles. The molecule has 0 aliphatic carbocycles. The topological polar surface area (TPSA) is 61.9 Å². The summed E-state index contributed by atoms with van der Waals surface area (Å²) >= 11 is 1.54. The zero-order chi connectivity index (χ0) is 15.0. The number of aromatic hydroxyl groups is 1. The molecule has 0 radical (unpaired) electrons. The van der Waals surface area contributed by atoms with E-state index in [9.17, 15) is 9.90 Å². The highest BCUT2D eigenvalue weighted by molar-refractivity contribution is 7.17.